The molecule has 0 fully saturated rings. The van der Waals surface area contributed by atoms with Gasteiger partial charge in [-0.25, -0.2) is 0 Å². The maximum Gasteiger partial charge on any atom is 0.416 e. The van der Waals surface area contributed by atoms with Crippen molar-refractivity contribution in [2.75, 3.05) is 19.6 Å². The fourth-order valence-corrected chi connectivity index (χ4v) is 2.06. The van der Waals surface area contributed by atoms with Crippen molar-refractivity contribution in [3.63, 3.8) is 0 Å². The van der Waals surface area contributed by atoms with E-state index >= 15 is 0 Å². The molecule has 7 nitrogen and oxygen atoms in total. The van der Waals surface area contributed by atoms with Crippen LogP contribution in [0.1, 0.15) is 11.1 Å². The number of ether oxygens (including phenoxy) is 2. The molecular formula is C16H14F3N3O4. The molecule has 2 rings (SSSR count). The molecule has 138 valence electrons. The number of halogens is 3. The molecule has 0 aromatic heterocycles. The number of hydrogen-bond acceptors (Lipinski definition) is 6. The second-order valence-electron chi connectivity index (χ2n) is 4.97. The lowest BCUT2D eigenvalue weighted by atomic mass is 10.1. The van der Waals surface area contributed by atoms with Gasteiger partial charge in [0.2, 0.25) is 0 Å². The summed E-state index contributed by atoms with van der Waals surface area (Å²) in [5.41, 5.74) is 1.88. The lowest BCUT2D eigenvalue weighted by molar-refractivity contribution is -0.385. The lowest BCUT2D eigenvalue weighted by Gasteiger charge is -2.09. The number of nitrogens with zero attached hydrogens (tertiary/aromatic N) is 2. The zero-order chi connectivity index (χ0) is 19.3. The molecule has 0 amide bonds. The van der Waals surface area contributed by atoms with Gasteiger partial charge in [-0.1, -0.05) is 0 Å². The van der Waals surface area contributed by atoms with Crippen molar-refractivity contribution in [1.82, 2.24) is 0 Å². The third kappa shape index (κ3) is 4.41. The molecule has 0 aliphatic carbocycles. The monoisotopic (exact) mass is 369 g/mol. The van der Waals surface area contributed by atoms with Crippen LogP contribution >= 0.6 is 0 Å². The highest BCUT2D eigenvalue weighted by atomic mass is 19.4. The molecule has 2 aromatic carbocycles. The summed E-state index contributed by atoms with van der Waals surface area (Å²) >= 11 is 0. The van der Waals surface area contributed by atoms with E-state index in [1.807, 2.05) is 0 Å². The molecule has 10 heteroatoms. The Morgan fingerprint density at radius 2 is 1.69 bits per heavy atom. The van der Waals surface area contributed by atoms with E-state index in [0.717, 1.165) is 18.3 Å². The topological polar surface area (TPSA) is 86.0 Å². The average molecular weight is 369 g/mol. The van der Waals surface area contributed by atoms with Crippen LogP contribution in [0, 0.1) is 10.1 Å². The number of hydrazone groups is 1. The van der Waals surface area contributed by atoms with Crippen LogP contribution in [-0.2, 0) is 6.18 Å². The van der Waals surface area contributed by atoms with Gasteiger partial charge in [-0.3, -0.25) is 15.5 Å². The van der Waals surface area contributed by atoms with Crippen LogP contribution in [0.4, 0.5) is 24.5 Å². The Morgan fingerprint density at radius 1 is 1.12 bits per heavy atom. The molecular weight excluding hydrogens is 355 g/mol. The molecule has 1 N–H and O–H groups in total. The third-order valence-electron chi connectivity index (χ3n) is 3.34. The minimum atomic E-state index is -4.43. The van der Waals surface area contributed by atoms with Crippen molar-refractivity contribution < 1.29 is 27.6 Å². The first-order chi connectivity index (χ1) is 12.3. The fourth-order valence-electron chi connectivity index (χ4n) is 2.06. The summed E-state index contributed by atoms with van der Waals surface area (Å²) in [5, 5.41) is 15.0. The molecule has 0 saturated carbocycles. The Balaban J connectivity index is 2.23. The first-order valence-corrected chi connectivity index (χ1v) is 7.13. The molecule has 26 heavy (non-hydrogen) atoms. The number of nitro benzene ring substituents is 1. The number of benzene rings is 2. The molecule has 0 bridgehead atoms. The number of rotatable bonds is 6. The molecule has 0 radical (unpaired) electrons. The number of hydrogen-bond donors (Lipinski definition) is 1. The van der Waals surface area contributed by atoms with E-state index in [9.17, 15) is 23.3 Å². The first-order valence-electron chi connectivity index (χ1n) is 7.13. The zero-order valence-electron chi connectivity index (χ0n) is 13.7. The van der Waals surface area contributed by atoms with Gasteiger partial charge in [0, 0.05) is 0 Å². The van der Waals surface area contributed by atoms with Crippen molar-refractivity contribution in [3.05, 3.63) is 57.6 Å². The average Bonchev–Trinajstić information content (AvgIpc) is 2.60. The van der Waals surface area contributed by atoms with Gasteiger partial charge in [0.05, 0.1) is 48.2 Å². The van der Waals surface area contributed by atoms with Crippen LogP contribution in [0.25, 0.3) is 0 Å². The highest BCUT2D eigenvalue weighted by molar-refractivity contribution is 5.87. The Kier molecular flexibility index (Phi) is 5.65. The molecule has 2 aromatic rings. The number of anilines is 1. The normalized spacial score (nSPS) is 11.4. The quantitative estimate of drug-likeness (QED) is 0.471. The predicted molar refractivity (Wildman–Crippen MR) is 88.9 cm³/mol. The van der Waals surface area contributed by atoms with Crippen LogP contribution in [-0.4, -0.2) is 25.4 Å². The van der Waals surface area contributed by atoms with E-state index < -0.39 is 16.7 Å². The summed E-state index contributed by atoms with van der Waals surface area (Å²) in [4.78, 5) is 10.6. The Bertz CT molecular complexity index is 821. The van der Waals surface area contributed by atoms with Crippen molar-refractivity contribution in [3.8, 4) is 11.5 Å². The van der Waals surface area contributed by atoms with E-state index in [4.69, 9.17) is 9.47 Å². The van der Waals surface area contributed by atoms with Gasteiger partial charge >= 0.3 is 6.18 Å². The minimum absolute atomic E-state index is 0.132. The van der Waals surface area contributed by atoms with Crippen LogP contribution in [0.2, 0.25) is 0 Å². The summed E-state index contributed by atoms with van der Waals surface area (Å²) in [7, 11) is 2.73. The molecule has 0 aliphatic heterocycles. The molecule has 0 saturated heterocycles. The van der Waals surface area contributed by atoms with Crippen molar-refractivity contribution in [1.29, 1.82) is 0 Å². The van der Waals surface area contributed by atoms with Gasteiger partial charge in [0.1, 0.15) is 0 Å². The smallest absolute Gasteiger partial charge is 0.416 e. The van der Waals surface area contributed by atoms with Crippen molar-refractivity contribution in [2.24, 2.45) is 5.10 Å². The van der Waals surface area contributed by atoms with E-state index in [1.54, 1.807) is 0 Å². The van der Waals surface area contributed by atoms with Crippen LogP contribution in [0.5, 0.6) is 11.5 Å². The molecule has 0 spiro atoms. The second-order valence-corrected chi connectivity index (χ2v) is 4.97. The summed E-state index contributed by atoms with van der Waals surface area (Å²) in [5.74, 6) is 0.459. The maximum atomic E-state index is 12.5. The van der Waals surface area contributed by atoms with Gasteiger partial charge in [0.15, 0.2) is 11.5 Å². The molecule has 0 atom stereocenters. The van der Waals surface area contributed by atoms with Crippen LogP contribution in [0.15, 0.2) is 41.5 Å². The Morgan fingerprint density at radius 3 is 2.19 bits per heavy atom. The zero-order valence-corrected chi connectivity index (χ0v) is 13.7. The lowest BCUT2D eigenvalue weighted by Crippen LogP contribution is -2.04. The van der Waals surface area contributed by atoms with E-state index in [1.165, 1.54) is 38.5 Å². The minimum Gasteiger partial charge on any atom is -0.493 e. The highest BCUT2D eigenvalue weighted by Gasteiger charge is 2.29. The van der Waals surface area contributed by atoms with Crippen LogP contribution in [0.3, 0.4) is 0 Å². The largest absolute Gasteiger partial charge is 0.493 e. The fraction of sp³-hybridized carbons (Fsp3) is 0.188. The van der Waals surface area contributed by atoms with Gasteiger partial charge in [-0.2, -0.15) is 18.3 Å². The summed E-state index contributed by atoms with van der Waals surface area (Å²) in [6.07, 6.45) is -3.26. The van der Waals surface area contributed by atoms with Crippen LogP contribution < -0.4 is 14.9 Å². The molecule has 0 unspecified atom stereocenters. The number of nitro groups is 1. The number of alkyl halides is 3. The second kappa shape index (κ2) is 7.72. The van der Waals surface area contributed by atoms with Gasteiger partial charge < -0.3 is 9.47 Å². The van der Waals surface area contributed by atoms with Crippen molar-refractivity contribution in [2.45, 2.75) is 6.18 Å². The van der Waals surface area contributed by atoms with Gasteiger partial charge in [-0.05, 0) is 30.3 Å². The Labute approximate surface area is 146 Å². The number of nitrogens with one attached hydrogen (secondary N) is 1. The van der Waals surface area contributed by atoms with E-state index in [-0.39, 0.29) is 28.4 Å². The SMILES string of the molecule is COc1cc(C=NNc2ccc(C(F)(F)F)cc2)c([N+](=O)[O-])cc1OC. The summed E-state index contributed by atoms with van der Waals surface area (Å²) in [6.45, 7) is 0. The van der Waals surface area contributed by atoms with Gasteiger partial charge in [-0.15, -0.1) is 0 Å². The standard InChI is InChI=1S/C16H14F3N3O4/c1-25-14-7-10(13(22(23)24)8-15(14)26-2)9-20-21-12-5-3-11(4-6-12)16(17,18)19/h3-9,21H,1-2H3. The predicted octanol–water partition coefficient (Wildman–Crippen LogP) is 4.08. The third-order valence-corrected chi connectivity index (χ3v) is 3.34. The van der Waals surface area contributed by atoms with Crippen molar-refractivity contribution >= 4 is 17.6 Å². The Hall–Kier alpha value is -3.30. The van der Waals surface area contributed by atoms with E-state index in [0.29, 0.717) is 0 Å². The first kappa shape index (κ1) is 19.0. The molecule has 0 heterocycles. The summed E-state index contributed by atoms with van der Waals surface area (Å²) < 4.78 is 47.6. The van der Waals surface area contributed by atoms with E-state index in [2.05, 4.69) is 10.5 Å². The summed E-state index contributed by atoms with van der Waals surface area (Å²) in [6, 6.07) is 6.76. The highest BCUT2D eigenvalue weighted by Crippen LogP contribution is 2.34. The number of methoxy groups -OCH3 is 2. The maximum absolute atomic E-state index is 12.5. The van der Waals surface area contributed by atoms with Gasteiger partial charge in [0.25, 0.3) is 5.69 Å². The molecule has 0 aliphatic rings.